The molecule has 0 aliphatic carbocycles. The number of benzene rings is 1. The second-order valence-corrected chi connectivity index (χ2v) is 4.98. The first-order valence-electron chi connectivity index (χ1n) is 5.47. The Morgan fingerprint density at radius 1 is 1.31 bits per heavy atom. The van der Waals surface area contributed by atoms with E-state index in [1.54, 1.807) is 6.92 Å². The molecular weight excluding hydrogens is 210 g/mol. The van der Waals surface area contributed by atoms with Gasteiger partial charge in [-0.1, -0.05) is 26.0 Å². The molecule has 1 N–H and O–H groups in total. The van der Waals surface area contributed by atoms with Crippen LogP contribution in [0.25, 0.3) is 0 Å². The van der Waals surface area contributed by atoms with Crippen molar-refractivity contribution in [3.8, 4) is 0 Å². The first-order chi connectivity index (χ1) is 7.32. The SMILES string of the molecule is CC(C)CC(C)(O)Cc1cccc(F)c1F. The molecule has 0 amide bonds. The molecule has 0 bridgehead atoms. The highest BCUT2D eigenvalue weighted by Crippen LogP contribution is 2.23. The third-order valence-electron chi connectivity index (χ3n) is 2.45. The maximum absolute atomic E-state index is 13.4. The van der Waals surface area contributed by atoms with Gasteiger partial charge in [0.05, 0.1) is 5.60 Å². The molecule has 3 heteroatoms. The van der Waals surface area contributed by atoms with Gasteiger partial charge in [-0.25, -0.2) is 8.78 Å². The quantitative estimate of drug-likeness (QED) is 0.838. The molecule has 0 fully saturated rings. The van der Waals surface area contributed by atoms with Gasteiger partial charge >= 0.3 is 0 Å². The van der Waals surface area contributed by atoms with E-state index in [1.807, 2.05) is 13.8 Å². The molecule has 0 aliphatic rings. The van der Waals surface area contributed by atoms with E-state index in [0.717, 1.165) is 6.07 Å². The zero-order valence-electron chi connectivity index (χ0n) is 9.93. The highest BCUT2D eigenvalue weighted by molar-refractivity contribution is 5.20. The van der Waals surface area contributed by atoms with Crippen molar-refractivity contribution in [3.63, 3.8) is 0 Å². The van der Waals surface area contributed by atoms with Crippen molar-refractivity contribution in [2.24, 2.45) is 5.92 Å². The summed E-state index contributed by atoms with van der Waals surface area (Å²) in [4.78, 5) is 0. The van der Waals surface area contributed by atoms with E-state index < -0.39 is 17.2 Å². The van der Waals surface area contributed by atoms with Gasteiger partial charge in [-0.2, -0.15) is 0 Å². The van der Waals surface area contributed by atoms with Gasteiger partial charge in [0, 0.05) is 6.42 Å². The van der Waals surface area contributed by atoms with E-state index in [-0.39, 0.29) is 12.0 Å². The molecule has 1 nitrogen and oxygen atoms in total. The predicted molar refractivity (Wildman–Crippen MR) is 60.1 cm³/mol. The molecule has 0 saturated carbocycles. The second kappa shape index (κ2) is 4.91. The highest BCUT2D eigenvalue weighted by atomic mass is 19.2. The topological polar surface area (TPSA) is 20.2 Å². The van der Waals surface area contributed by atoms with Crippen molar-refractivity contribution in [1.29, 1.82) is 0 Å². The zero-order valence-corrected chi connectivity index (χ0v) is 9.93. The lowest BCUT2D eigenvalue weighted by Crippen LogP contribution is -2.29. The summed E-state index contributed by atoms with van der Waals surface area (Å²) in [6.07, 6.45) is 0.692. The average Bonchev–Trinajstić information content (AvgIpc) is 2.10. The molecule has 1 rings (SSSR count). The van der Waals surface area contributed by atoms with Crippen LogP contribution in [-0.2, 0) is 6.42 Å². The summed E-state index contributed by atoms with van der Waals surface area (Å²) in [5, 5.41) is 10.1. The summed E-state index contributed by atoms with van der Waals surface area (Å²) in [5.74, 6) is -1.41. The van der Waals surface area contributed by atoms with Gasteiger partial charge in [0.1, 0.15) is 0 Å². The Morgan fingerprint density at radius 2 is 1.94 bits per heavy atom. The summed E-state index contributed by atoms with van der Waals surface area (Å²) in [7, 11) is 0. The Balaban J connectivity index is 2.83. The predicted octanol–water partition coefficient (Wildman–Crippen LogP) is 3.30. The van der Waals surface area contributed by atoms with Gasteiger partial charge in [-0.3, -0.25) is 0 Å². The average molecular weight is 228 g/mol. The number of hydrogen-bond donors (Lipinski definition) is 1. The summed E-state index contributed by atoms with van der Waals surface area (Å²) >= 11 is 0. The van der Waals surface area contributed by atoms with Crippen LogP contribution in [0, 0.1) is 17.6 Å². The van der Waals surface area contributed by atoms with Crippen LogP contribution in [0.1, 0.15) is 32.8 Å². The van der Waals surface area contributed by atoms with Crippen molar-refractivity contribution < 1.29 is 13.9 Å². The van der Waals surface area contributed by atoms with Crippen molar-refractivity contribution in [2.75, 3.05) is 0 Å². The van der Waals surface area contributed by atoms with Gasteiger partial charge in [0.15, 0.2) is 11.6 Å². The van der Waals surface area contributed by atoms with E-state index in [4.69, 9.17) is 0 Å². The summed E-state index contributed by atoms with van der Waals surface area (Å²) < 4.78 is 26.3. The molecule has 16 heavy (non-hydrogen) atoms. The Labute approximate surface area is 95.1 Å². The lowest BCUT2D eigenvalue weighted by molar-refractivity contribution is 0.0379. The van der Waals surface area contributed by atoms with Crippen LogP contribution >= 0.6 is 0 Å². The molecule has 1 unspecified atom stereocenters. The van der Waals surface area contributed by atoms with Crippen molar-refractivity contribution in [2.45, 2.75) is 39.2 Å². The summed E-state index contributed by atoms with van der Waals surface area (Å²) in [5.41, 5.74) is -0.770. The third kappa shape index (κ3) is 3.56. The van der Waals surface area contributed by atoms with Crippen molar-refractivity contribution in [3.05, 3.63) is 35.4 Å². The molecule has 0 aromatic heterocycles. The van der Waals surface area contributed by atoms with Gasteiger partial charge in [0.25, 0.3) is 0 Å². The van der Waals surface area contributed by atoms with Crippen molar-refractivity contribution >= 4 is 0 Å². The minimum Gasteiger partial charge on any atom is -0.390 e. The van der Waals surface area contributed by atoms with Gasteiger partial charge in [-0.05, 0) is 30.9 Å². The third-order valence-corrected chi connectivity index (χ3v) is 2.45. The van der Waals surface area contributed by atoms with Gasteiger partial charge in [-0.15, -0.1) is 0 Å². The van der Waals surface area contributed by atoms with Crippen LogP contribution in [0.5, 0.6) is 0 Å². The molecule has 0 radical (unpaired) electrons. The van der Waals surface area contributed by atoms with E-state index >= 15 is 0 Å². The number of aliphatic hydroxyl groups is 1. The van der Waals surface area contributed by atoms with Crippen LogP contribution in [0.2, 0.25) is 0 Å². The molecule has 90 valence electrons. The first kappa shape index (κ1) is 13.1. The number of hydrogen-bond acceptors (Lipinski definition) is 1. The highest BCUT2D eigenvalue weighted by Gasteiger charge is 2.24. The maximum Gasteiger partial charge on any atom is 0.162 e. The standard InChI is InChI=1S/C13H18F2O/c1-9(2)7-13(3,16)8-10-5-4-6-11(14)12(10)15/h4-6,9,16H,7-8H2,1-3H3. The van der Waals surface area contributed by atoms with Crippen LogP contribution in [0.4, 0.5) is 8.78 Å². The van der Waals surface area contributed by atoms with Crippen LogP contribution in [-0.4, -0.2) is 10.7 Å². The number of halogens is 2. The Morgan fingerprint density at radius 3 is 2.50 bits per heavy atom. The second-order valence-electron chi connectivity index (χ2n) is 4.98. The molecule has 0 aliphatic heterocycles. The van der Waals surface area contributed by atoms with Crippen LogP contribution in [0.15, 0.2) is 18.2 Å². The molecule has 0 saturated heterocycles. The number of rotatable bonds is 4. The Hall–Kier alpha value is -0.960. The zero-order chi connectivity index (χ0) is 12.3. The van der Waals surface area contributed by atoms with Gasteiger partial charge in [0.2, 0.25) is 0 Å². The largest absolute Gasteiger partial charge is 0.390 e. The minimum absolute atomic E-state index is 0.134. The molecule has 1 atom stereocenters. The molecule has 0 heterocycles. The maximum atomic E-state index is 13.4. The monoisotopic (exact) mass is 228 g/mol. The fourth-order valence-electron chi connectivity index (χ4n) is 2.05. The minimum atomic E-state index is -0.997. The summed E-state index contributed by atoms with van der Waals surface area (Å²) in [6.45, 7) is 5.62. The molecule has 0 spiro atoms. The lowest BCUT2D eigenvalue weighted by Gasteiger charge is -2.25. The summed E-state index contributed by atoms with van der Waals surface area (Å²) in [6, 6.07) is 4.04. The fourth-order valence-corrected chi connectivity index (χ4v) is 2.05. The fraction of sp³-hybridized carbons (Fsp3) is 0.538. The molecular formula is C13H18F2O. The van der Waals surface area contributed by atoms with E-state index in [2.05, 4.69) is 0 Å². The van der Waals surface area contributed by atoms with E-state index in [1.165, 1.54) is 12.1 Å². The normalized spacial score (nSPS) is 15.2. The van der Waals surface area contributed by atoms with Crippen LogP contribution < -0.4 is 0 Å². The Kier molecular flexibility index (Phi) is 4.03. The molecule has 1 aromatic rings. The van der Waals surface area contributed by atoms with E-state index in [0.29, 0.717) is 12.3 Å². The Bertz CT molecular complexity index is 359. The van der Waals surface area contributed by atoms with Crippen LogP contribution in [0.3, 0.4) is 0 Å². The first-order valence-corrected chi connectivity index (χ1v) is 5.47. The molecule has 1 aromatic carbocycles. The lowest BCUT2D eigenvalue weighted by atomic mass is 9.88. The smallest absolute Gasteiger partial charge is 0.162 e. The van der Waals surface area contributed by atoms with Crippen molar-refractivity contribution in [1.82, 2.24) is 0 Å². The van der Waals surface area contributed by atoms with Gasteiger partial charge < -0.3 is 5.11 Å². The van der Waals surface area contributed by atoms with E-state index in [9.17, 15) is 13.9 Å².